The van der Waals surface area contributed by atoms with Crippen LogP contribution in [0.4, 0.5) is 15.2 Å². The minimum Gasteiger partial charge on any atom is -0.323 e. The van der Waals surface area contributed by atoms with Gasteiger partial charge in [0, 0.05) is 27.6 Å². The van der Waals surface area contributed by atoms with Gasteiger partial charge in [-0.25, -0.2) is 9.37 Å². The normalized spacial score (nSPS) is 11.8. The topological polar surface area (TPSA) is 71.1 Å². The van der Waals surface area contributed by atoms with Crippen LogP contribution in [0.25, 0.3) is 17.3 Å². The van der Waals surface area contributed by atoms with Crippen LogP contribution in [0.5, 0.6) is 0 Å². The molecule has 4 rings (SSSR count). The molecule has 0 radical (unpaired) electrons. The first-order chi connectivity index (χ1) is 17.0. The molecule has 1 atom stereocenters. The monoisotopic (exact) mass is 503 g/mol. The van der Waals surface area contributed by atoms with Gasteiger partial charge in [0.2, 0.25) is 11.8 Å². The fourth-order valence-corrected chi connectivity index (χ4v) is 4.68. The highest BCUT2D eigenvalue weighted by molar-refractivity contribution is 8.00. The second-order valence-electron chi connectivity index (χ2n) is 7.55. The molecular weight excluding hydrogens is 481 g/mol. The molecule has 2 amide bonds. The number of nitrogens with zero attached hydrogens (tertiary/aromatic N) is 1. The maximum Gasteiger partial charge on any atom is 0.248 e. The average Bonchev–Trinajstić information content (AvgIpc) is 3.33. The van der Waals surface area contributed by atoms with Crippen molar-refractivity contribution in [2.24, 2.45) is 0 Å². The molecule has 2 N–H and O–H groups in total. The first-order valence-electron chi connectivity index (χ1n) is 10.8. The van der Waals surface area contributed by atoms with Crippen molar-refractivity contribution in [1.29, 1.82) is 0 Å². The lowest BCUT2D eigenvalue weighted by molar-refractivity contribution is -0.115. The Balaban J connectivity index is 1.28. The van der Waals surface area contributed by atoms with E-state index in [1.165, 1.54) is 41.3 Å². The van der Waals surface area contributed by atoms with E-state index in [1.807, 2.05) is 54.8 Å². The van der Waals surface area contributed by atoms with Crippen molar-refractivity contribution in [3.8, 4) is 11.3 Å². The van der Waals surface area contributed by atoms with Gasteiger partial charge in [0.05, 0.1) is 10.9 Å². The zero-order valence-corrected chi connectivity index (χ0v) is 20.4. The molecule has 0 spiro atoms. The van der Waals surface area contributed by atoms with E-state index in [0.29, 0.717) is 16.5 Å². The Morgan fingerprint density at radius 3 is 2.40 bits per heavy atom. The molecule has 0 aliphatic carbocycles. The molecule has 176 valence electrons. The number of benzene rings is 3. The quantitative estimate of drug-likeness (QED) is 0.207. The predicted octanol–water partition coefficient (Wildman–Crippen LogP) is 6.72. The first-order valence-corrected chi connectivity index (χ1v) is 12.6. The zero-order chi connectivity index (χ0) is 24.6. The summed E-state index contributed by atoms with van der Waals surface area (Å²) in [4.78, 5) is 30.1. The number of anilines is 2. The van der Waals surface area contributed by atoms with Gasteiger partial charge in [-0.05, 0) is 67.1 Å². The first kappa shape index (κ1) is 24.4. The van der Waals surface area contributed by atoms with Crippen molar-refractivity contribution in [1.82, 2.24) is 4.98 Å². The van der Waals surface area contributed by atoms with Crippen LogP contribution in [0.2, 0.25) is 0 Å². The molecule has 0 saturated heterocycles. The third-order valence-electron chi connectivity index (χ3n) is 4.90. The van der Waals surface area contributed by atoms with Crippen LogP contribution in [-0.2, 0) is 9.59 Å². The van der Waals surface area contributed by atoms with E-state index in [4.69, 9.17) is 0 Å². The maximum absolute atomic E-state index is 13.1. The van der Waals surface area contributed by atoms with Gasteiger partial charge in [-0.1, -0.05) is 30.3 Å². The summed E-state index contributed by atoms with van der Waals surface area (Å²) in [7, 11) is 0. The van der Waals surface area contributed by atoms with Gasteiger partial charge in [-0.2, -0.15) is 0 Å². The molecule has 8 heteroatoms. The lowest BCUT2D eigenvalue weighted by Crippen LogP contribution is -2.22. The summed E-state index contributed by atoms with van der Waals surface area (Å²) in [5.74, 6) is -0.692. The fraction of sp³-hybridized carbons (Fsp3) is 0.0741. The molecule has 0 fully saturated rings. The molecule has 0 bridgehead atoms. The molecule has 3 aromatic carbocycles. The Kier molecular flexibility index (Phi) is 8.07. The van der Waals surface area contributed by atoms with E-state index in [0.717, 1.165) is 16.0 Å². The molecule has 1 unspecified atom stereocenters. The largest absolute Gasteiger partial charge is 0.323 e. The molecule has 1 aromatic heterocycles. The van der Waals surface area contributed by atoms with Gasteiger partial charge in [-0.15, -0.1) is 23.1 Å². The molecule has 0 aliphatic heterocycles. The highest BCUT2D eigenvalue weighted by Crippen LogP contribution is 2.28. The number of amides is 2. The highest BCUT2D eigenvalue weighted by atomic mass is 32.2. The van der Waals surface area contributed by atoms with Crippen molar-refractivity contribution in [3.05, 3.63) is 102 Å². The number of carbonyl (C=O) groups is 2. The van der Waals surface area contributed by atoms with Crippen LogP contribution >= 0.6 is 23.1 Å². The van der Waals surface area contributed by atoms with Crippen molar-refractivity contribution in [2.75, 3.05) is 10.6 Å². The maximum atomic E-state index is 13.1. The molecule has 1 heterocycles. The molecule has 5 nitrogen and oxygen atoms in total. The summed E-state index contributed by atoms with van der Waals surface area (Å²) >= 11 is 2.73. The van der Waals surface area contributed by atoms with Gasteiger partial charge in [0.1, 0.15) is 5.82 Å². The minimum atomic E-state index is -0.359. The van der Waals surface area contributed by atoms with Crippen molar-refractivity contribution in [2.45, 2.75) is 17.1 Å². The number of thioether (sulfide) groups is 1. The molecule has 0 aliphatic rings. The van der Waals surface area contributed by atoms with E-state index in [1.54, 1.807) is 30.3 Å². The van der Waals surface area contributed by atoms with Crippen LogP contribution < -0.4 is 10.6 Å². The highest BCUT2D eigenvalue weighted by Gasteiger charge is 2.16. The van der Waals surface area contributed by atoms with E-state index >= 15 is 0 Å². The van der Waals surface area contributed by atoms with Gasteiger partial charge in [0.15, 0.2) is 5.13 Å². The van der Waals surface area contributed by atoms with E-state index < -0.39 is 0 Å². The Morgan fingerprint density at radius 1 is 0.971 bits per heavy atom. The smallest absolute Gasteiger partial charge is 0.248 e. The Morgan fingerprint density at radius 2 is 1.69 bits per heavy atom. The van der Waals surface area contributed by atoms with Gasteiger partial charge in [-0.3, -0.25) is 9.59 Å². The van der Waals surface area contributed by atoms with Crippen LogP contribution in [0.1, 0.15) is 12.5 Å². The number of aromatic nitrogens is 1. The van der Waals surface area contributed by atoms with Crippen LogP contribution in [0.15, 0.2) is 95.2 Å². The summed E-state index contributed by atoms with van der Waals surface area (Å²) in [6, 6.07) is 23.0. The lowest BCUT2D eigenvalue weighted by Gasteiger charge is -2.11. The summed E-state index contributed by atoms with van der Waals surface area (Å²) in [6.07, 6.45) is 3.25. The fourth-order valence-electron chi connectivity index (χ4n) is 3.09. The van der Waals surface area contributed by atoms with E-state index in [9.17, 15) is 14.0 Å². The Labute approximate surface area is 211 Å². The average molecular weight is 504 g/mol. The second-order valence-corrected chi connectivity index (χ2v) is 9.82. The van der Waals surface area contributed by atoms with Crippen LogP contribution in [0, 0.1) is 5.82 Å². The van der Waals surface area contributed by atoms with Crippen LogP contribution in [-0.4, -0.2) is 22.0 Å². The molecular formula is C27H22FN3O2S2. The Bertz CT molecular complexity index is 1320. The van der Waals surface area contributed by atoms with Crippen LogP contribution in [0.3, 0.4) is 0 Å². The summed E-state index contributed by atoms with van der Waals surface area (Å²) in [5, 5.41) is 7.61. The number of rotatable bonds is 8. The third-order valence-corrected chi connectivity index (χ3v) is 6.77. The third kappa shape index (κ3) is 7.11. The van der Waals surface area contributed by atoms with Gasteiger partial charge < -0.3 is 10.6 Å². The van der Waals surface area contributed by atoms with Crippen molar-refractivity contribution >= 4 is 51.8 Å². The number of nitrogens with one attached hydrogen (secondary N) is 2. The second kappa shape index (κ2) is 11.6. The molecule has 4 aromatic rings. The van der Waals surface area contributed by atoms with E-state index in [-0.39, 0.29) is 22.9 Å². The van der Waals surface area contributed by atoms with Crippen molar-refractivity contribution in [3.63, 3.8) is 0 Å². The summed E-state index contributed by atoms with van der Waals surface area (Å²) in [6.45, 7) is 1.82. The minimum absolute atomic E-state index is 0.168. The molecule has 0 saturated carbocycles. The SMILES string of the molecule is CC(Sc1ccc(NC(=O)/C=C/c2ccccc2)cc1)C(=O)Nc1nc(-c2ccc(F)cc2)cs1. The lowest BCUT2D eigenvalue weighted by atomic mass is 10.2. The number of hydrogen-bond acceptors (Lipinski definition) is 5. The van der Waals surface area contributed by atoms with Crippen molar-refractivity contribution < 1.29 is 14.0 Å². The van der Waals surface area contributed by atoms with Gasteiger partial charge in [0.25, 0.3) is 0 Å². The standard InChI is InChI=1S/C27H22FN3O2S2/c1-18(26(33)31-27-30-24(17-34-27)20-8-10-21(28)11-9-20)35-23-14-12-22(13-15-23)29-25(32)16-7-19-5-3-2-4-6-19/h2-18H,1H3,(H,29,32)(H,30,31,33)/b16-7+. The zero-order valence-electron chi connectivity index (χ0n) is 18.8. The number of halogens is 1. The summed E-state index contributed by atoms with van der Waals surface area (Å²) in [5.41, 5.74) is 3.09. The van der Waals surface area contributed by atoms with E-state index in [2.05, 4.69) is 15.6 Å². The predicted molar refractivity (Wildman–Crippen MR) is 142 cm³/mol. The number of thiazole rings is 1. The number of carbonyl (C=O) groups excluding carboxylic acids is 2. The molecule has 35 heavy (non-hydrogen) atoms. The van der Waals surface area contributed by atoms with Gasteiger partial charge >= 0.3 is 0 Å². The number of hydrogen-bond donors (Lipinski definition) is 2. The Hall–Kier alpha value is -3.75. The summed E-state index contributed by atoms with van der Waals surface area (Å²) < 4.78 is 13.1.